The highest BCUT2D eigenvalue weighted by Crippen LogP contribution is 2.12. The van der Waals surface area contributed by atoms with E-state index in [-0.39, 0.29) is 12.0 Å². The average molecular weight is 312 g/mol. The van der Waals surface area contributed by atoms with Gasteiger partial charge in [0.05, 0.1) is 12.2 Å². The zero-order valence-corrected chi connectivity index (χ0v) is 13.2. The fourth-order valence-corrected chi connectivity index (χ4v) is 1.83. The largest absolute Gasteiger partial charge is 0.462 e. The predicted octanol–water partition coefficient (Wildman–Crippen LogP) is 4.14. The van der Waals surface area contributed by atoms with Gasteiger partial charge in [-0.05, 0) is 42.3 Å². The number of ether oxygens (including phenoxy) is 1. The second kappa shape index (κ2) is 7.98. The van der Waals surface area contributed by atoms with Gasteiger partial charge in [0, 0.05) is 11.4 Å². The van der Waals surface area contributed by atoms with Gasteiger partial charge < -0.3 is 15.4 Å². The quantitative estimate of drug-likeness (QED) is 0.815. The predicted molar refractivity (Wildman–Crippen MR) is 90.6 cm³/mol. The number of nitrogens with one attached hydrogen (secondary N) is 2. The summed E-state index contributed by atoms with van der Waals surface area (Å²) in [5, 5.41) is 5.42. The monoisotopic (exact) mass is 312 g/mol. The summed E-state index contributed by atoms with van der Waals surface area (Å²) in [7, 11) is 0. The summed E-state index contributed by atoms with van der Waals surface area (Å²) in [6.07, 6.45) is 0. The van der Waals surface area contributed by atoms with Crippen LogP contribution in [-0.2, 0) is 4.74 Å². The van der Waals surface area contributed by atoms with Crippen LogP contribution in [0.1, 0.15) is 24.2 Å². The molecule has 0 saturated heterocycles. The molecule has 0 atom stereocenters. The zero-order chi connectivity index (χ0) is 16.7. The number of benzene rings is 2. The number of carbonyl (C=O) groups excluding carboxylic acids is 2. The van der Waals surface area contributed by atoms with E-state index in [1.807, 2.05) is 32.0 Å². The molecule has 0 bridgehead atoms. The van der Waals surface area contributed by atoms with Crippen LogP contribution in [0.2, 0.25) is 0 Å². The van der Waals surface area contributed by atoms with Crippen LogP contribution in [0.15, 0.2) is 54.6 Å². The van der Waals surface area contributed by atoms with E-state index in [1.54, 1.807) is 36.4 Å². The number of amides is 2. The molecule has 0 aromatic heterocycles. The van der Waals surface area contributed by atoms with Gasteiger partial charge in [-0.25, -0.2) is 9.59 Å². The van der Waals surface area contributed by atoms with E-state index in [0.29, 0.717) is 29.5 Å². The Bertz CT molecular complexity index is 652. The molecule has 2 amide bonds. The van der Waals surface area contributed by atoms with Gasteiger partial charge in [-0.15, -0.1) is 0 Å². The maximum atomic E-state index is 11.9. The van der Waals surface area contributed by atoms with Crippen molar-refractivity contribution in [2.45, 2.75) is 13.8 Å². The molecule has 0 aliphatic heterocycles. The average Bonchev–Trinajstić information content (AvgIpc) is 2.54. The standard InChI is InChI=1S/C18H20N2O3/c1-13(2)12-23-17(21)14-8-10-16(11-9-14)20-18(22)19-15-6-4-3-5-7-15/h3-11,13H,12H2,1-2H3,(H2,19,20,22). The van der Waals surface area contributed by atoms with Crippen molar-refractivity contribution < 1.29 is 14.3 Å². The Balaban J connectivity index is 1.89. The SMILES string of the molecule is CC(C)COC(=O)c1ccc(NC(=O)Nc2ccccc2)cc1. The Morgan fingerprint density at radius 2 is 1.48 bits per heavy atom. The van der Waals surface area contributed by atoms with E-state index >= 15 is 0 Å². The number of hydrogen-bond acceptors (Lipinski definition) is 3. The van der Waals surface area contributed by atoms with Crippen LogP contribution in [0, 0.1) is 5.92 Å². The molecule has 0 aliphatic carbocycles. The first kappa shape index (κ1) is 16.5. The number of para-hydroxylation sites is 1. The lowest BCUT2D eigenvalue weighted by Crippen LogP contribution is -2.19. The van der Waals surface area contributed by atoms with Crippen molar-refractivity contribution in [1.29, 1.82) is 0 Å². The summed E-state index contributed by atoms with van der Waals surface area (Å²) >= 11 is 0. The Labute approximate surface area is 135 Å². The van der Waals surface area contributed by atoms with Crippen molar-refractivity contribution in [3.05, 3.63) is 60.2 Å². The van der Waals surface area contributed by atoms with Gasteiger partial charge in [0.15, 0.2) is 0 Å². The minimum atomic E-state index is -0.362. The first-order valence-electron chi connectivity index (χ1n) is 7.45. The third kappa shape index (κ3) is 5.47. The Hall–Kier alpha value is -2.82. The lowest BCUT2D eigenvalue weighted by molar-refractivity contribution is 0.0459. The molecule has 0 aliphatic rings. The summed E-state index contributed by atoms with van der Waals surface area (Å²) in [4.78, 5) is 23.7. The van der Waals surface area contributed by atoms with Crippen LogP contribution in [0.4, 0.5) is 16.2 Å². The second-order valence-electron chi connectivity index (χ2n) is 5.51. The Kier molecular flexibility index (Phi) is 5.74. The fourth-order valence-electron chi connectivity index (χ4n) is 1.83. The van der Waals surface area contributed by atoms with E-state index < -0.39 is 0 Å². The molecule has 2 aromatic rings. The topological polar surface area (TPSA) is 67.4 Å². The molecule has 2 aromatic carbocycles. The first-order chi connectivity index (χ1) is 11.0. The molecule has 0 unspecified atom stereocenters. The highest BCUT2D eigenvalue weighted by Gasteiger charge is 2.08. The molecule has 2 rings (SSSR count). The summed E-state index contributed by atoms with van der Waals surface area (Å²) in [5.74, 6) is -0.0689. The number of esters is 1. The van der Waals surface area contributed by atoms with Crippen molar-refractivity contribution >= 4 is 23.4 Å². The first-order valence-corrected chi connectivity index (χ1v) is 7.45. The maximum absolute atomic E-state index is 11.9. The fraction of sp³-hybridized carbons (Fsp3) is 0.222. The molecule has 0 saturated carbocycles. The molecule has 5 nitrogen and oxygen atoms in total. The van der Waals surface area contributed by atoms with E-state index in [4.69, 9.17) is 4.74 Å². The minimum Gasteiger partial charge on any atom is -0.462 e. The van der Waals surface area contributed by atoms with Gasteiger partial charge in [-0.1, -0.05) is 32.0 Å². The summed E-state index contributed by atoms with van der Waals surface area (Å²) in [6.45, 7) is 4.34. The van der Waals surface area contributed by atoms with Crippen molar-refractivity contribution in [2.24, 2.45) is 5.92 Å². The molecule has 0 radical (unpaired) electrons. The van der Waals surface area contributed by atoms with Crippen LogP contribution in [0.25, 0.3) is 0 Å². The third-order valence-corrected chi connectivity index (χ3v) is 2.96. The molecular weight excluding hydrogens is 292 g/mol. The van der Waals surface area contributed by atoms with Crippen LogP contribution < -0.4 is 10.6 Å². The minimum absolute atomic E-state index is 0.293. The number of urea groups is 1. The third-order valence-electron chi connectivity index (χ3n) is 2.96. The normalized spacial score (nSPS) is 10.2. The van der Waals surface area contributed by atoms with E-state index in [9.17, 15) is 9.59 Å². The van der Waals surface area contributed by atoms with E-state index in [2.05, 4.69) is 10.6 Å². The second-order valence-corrected chi connectivity index (χ2v) is 5.51. The van der Waals surface area contributed by atoms with Gasteiger partial charge in [-0.3, -0.25) is 0 Å². The van der Waals surface area contributed by atoms with Gasteiger partial charge in [0.25, 0.3) is 0 Å². The van der Waals surface area contributed by atoms with Crippen molar-refractivity contribution in [1.82, 2.24) is 0 Å². The van der Waals surface area contributed by atoms with Crippen molar-refractivity contribution in [3.63, 3.8) is 0 Å². The van der Waals surface area contributed by atoms with Gasteiger partial charge >= 0.3 is 12.0 Å². The van der Waals surface area contributed by atoms with Gasteiger partial charge in [0.1, 0.15) is 0 Å². The van der Waals surface area contributed by atoms with Crippen LogP contribution in [0.5, 0.6) is 0 Å². The Morgan fingerprint density at radius 1 is 0.913 bits per heavy atom. The highest BCUT2D eigenvalue weighted by molar-refractivity contribution is 6.00. The molecule has 0 spiro atoms. The number of anilines is 2. The molecule has 0 fully saturated rings. The van der Waals surface area contributed by atoms with E-state index in [0.717, 1.165) is 0 Å². The molecular formula is C18H20N2O3. The number of rotatable bonds is 5. The summed E-state index contributed by atoms with van der Waals surface area (Å²) < 4.78 is 5.15. The maximum Gasteiger partial charge on any atom is 0.338 e. The van der Waals surface area contributed by atoms with Crippen molar-refractivity contribution in [2.75, 3.05) is 17.2 Å². The zero-order valence-electron chi connectivity index (χ0n) is 13.2. The van der Waals surface area contributed by atoms with Gasteiger partial charge in [-0.2, -0.15) is 0 Å². The molecule has 5 heteroatoms. The lowest BCUT2D eigenvalue weighted by Gasteiger charge is -2.09. The smallest absolute Gasteiger partial charge is 0.338 e. The number of hydrogen-bond donors (Lipinski definition) is 2. The highest BCUT2D eigenvalue weighted by atomic mass is 16.5. The number of carbonyl (C=O) groups is 2. The van der Waals surface area contributed by atoms with Crippen LogP contribution in [-0.4, -0.2) is 18.6 Å². The van der Waals surface area contributed by atoms with Crippen molar-refractivity contribution in [3.8, 4) is 0 Å². The van der Waals surface area contributed by atoms with Crippen LogP contribution >= 0.6 is 0 Å². The Morgan fingerprint density at radius 3 is 2.04 bits per heavy atom. The molecule has 2 N–H and O–H groups in total. The van der Waals surface area contributed by atoms with E-state index in [1.165, 1.54) is 0 Å². The molecule has 23 heavy (non-hydrogen) atoms. The summed E-state index contributed by atoms with van der Waals surface area (Å²) in [5.41, 5.74) is 1.76. The summed E-state index contributed by atoms with van der Waals surface area (Å²) in [6, 6.07) is 15.4. The molecule has 0 heterocycles. The van der Waals surface area contributed by atoms with Crippen LogP contribution in [0.3, 0.4) is 0 Å². The van der Waals surface area contributed by atoms with Gasteiger partial charge in [0.2, 0.25) is 0 Å². The lowest BCUT2D eigenvalue weighted by atomic mass is 10.2. The molecule has 120 valence electrons.